The molecular weight excluding hydrogens is 532 g/mol. The number of piperidine rings is 1. The molecule has 3 aromatic rings. The lowest BCUT2D eigenvalue weighted by molar-refractivity contribution is -0.115. The van der Waals surface area contributed by atoms with E-state index in [1.807, 2.05) is 30.3 Å². The lowest BCUT2D eigenvalue weighted by Gasteiger charge is -2.32. The molecule has 11 nitrogen and oxygen atoms in total. The average molecular weight is 561 g/mol. The summed E-state index contributed by atoms with van der Waals surface area (Å²) in [5.74, 6) is 2.97. The Hall–Kier alpha value is -4.16. The van der Waals surface area contributed by atoms with E-state index in [4.69, 9.17) is 19.2 Å². The van der Waals surface area contributed by atoms with E-state index in [1.54, 1.807) is 25.4 Å². The number of rotatable bonds is 8. The second-order valence-electron chi connectivity index (χ2n) is 9.61. The molecule has 0 atom stereocenters. The Balaban J connectivity index is 1.03. The van der Waals surface area contributed by atoms with Gasteiger partial charge in [-0.15, -0.1) is 0 Å². The summed E-state index contributed by atoms with van der Waals surface area (Å²) >= 11 is 0.881. The Bertz CT molecular complexity index is 1470. The van der Waals surface area contributed by atoms with Gasteiger partial charge >= 0.3 is 0 Å². The highest BCUT2D eigenvalue weighted by Gasteiger charge is 2.26. The quantitative estimate of drug-likeness (QED) is 0.392. The van der Waals surface area contributed by atoms with Crippen molar-refractivity contribution in [1.29, 1.82) is 0 Å². The fourth-order valence-corrected chi connectivity index (χ4v) is 5.57. The summed E-state index contributed by atoms with van der Waals surface area (Å²) in [4.78, 5) is 39.7. The number of benzene rings is 1. The number of nitrogens with one attached hydrogen (secondary N) is 2. The molecular formula is C28H28N6O5S. The van der Waals surface area contributed by atoms with E-state index < -0.39 is 5.91 Å². The number of fused-ring (bicyclic) bond motifs is 1. The molecule has 0 unspecified atom stereocenters. The number of amides is 2. The standard InChI is InChI=1S/C28H28N6O5S/c1-37-22-5-3-20(18-2-4-23-24(12-18)39-16-38-23)32-21(22)15-29-14-17-7-10-34(11-8-17)27-30-9-6-19(31-27)13-25-26(35)33-28(36)40-25/h2-6,9,12-13,17,29H,7-8,10-11,14-16H2,1H3,(H,33,35,36)/b25-13-. The molecule has 206 valence electrons. The van der Waals surface area contributed by atoms with Crippen molar-refractivity contribution in [2.24, 2.45) is 5.92 Å². The Morgan fingerprint density at radius 2 is 1.98 bits per heavy atom. The molecule has 3 aliphatic rings. The summed E-state index contributed by atoms with van der Waals surface area (Å²) in [7, 11) is 1.66. The van der Waals surface area contributed by atoms with Crippen LogP contribution in [0.15, 0.2) is 47.5 Å². The van der Waals surface area contributed by atoms with Gasteiger partial charge < -0.3 is 24.4 Å². The molecule has 0 radical (unpaired) electrons. The maximum absolute atomic E-state index is 11.8. The number of aromatic nitrogens is 3. The lowest BCUT2D eigenvalue weighted by atomic mass is 9.97. The fraction of sp³-hybridized carbons (Fsp3) is 0.321. The molecule has 5 heterocycles. The van der Waals surface area contributed by atoms with Gasteiger partial charge in [0, 0.05) is 31.4 Å². The summed E-state index contributed by atoms with van der Waals surface area (Å²) in [5, 5.41) is 5.46. The van der Waals surface area contributed by atoms with Crippen LogP contribution >= 0.6 is 11.8 Å². The van der Waals surface area contributed by atoms with Gasteiger partial charge in [0.15, 0.2) is 11.5 Å². The number of pyridine rings is 1. The van der Waals surface area contributed by atoms with Gasteiger partial charge in [0.25, 0.3) is 11.1 Å². The van der Waals surface area contributed by atoms with Crippen molar-refractivity contribution in [3.63, 3.8) is 0 Å². The number of hydrogen-bond donors (Lipinski definition) is 2. The molecule has 0 spiro atoms. The third-order valence-corrected chi connectivity index (χ3v) is 7.84. The molecule has 2 N–H and O–H groups in total. The van der Waals surface area contributed by atoms with E-state index in [2.05, 4.69) is 25.5 Å². The van der Waals surface area contributed by atoms with Crippen LogP contribution in [0.1, 0.15) is 24.2 Å². The van der Waals surface area contributed by atoms with Crippen LogP contribution in [-0.4, -0.2) is 59.6 Å². The number of hydrogen-bond acceptors (Lipinski definition) is 11. The highest BCUT2D eigenvalue weighted by molar-refractivity contribution is 8.18. The van der Waals surface area contributed by atoms with Crippen molar-refractivity contribution in [2.75, 3.05) is 38.4 Å². The van der Waals surface area contributed by atoms with Crippen LogP contribution in [0.4, 0.5) is 10.7 Å². The third kappa shape index (κ3) is 5.73. The Kier molecular flexibility index (Phi) is 7.51. The molecule has 2 saturated heterocycles. The first kappa shape index (κ1) is 26.1. The number of nitrogens with zero attached hydrogens (tertiary/aromatic N) is 4. The van der Waals surface area contributed by atoms with Crippen molar-refractivity contribution in [1.82, 2.24) is 25.6 Å². The Morgan fingerprint density at radius 3 is 2.77 bits per heavy atom. The van der Waals surface area contributed by atoms with Crippen LogP contribution in [0.2, 0.25) is 0 Å². The first-order chi connectivity index (χ1) is 19.6. The number of ether oxygens (including phenoxy) is 3. The SMILES string of the molecule is COc1ccc(-c2ccc3c(c2)OCO3)nc1CNCC1CCN(c2nccc(/C=C3\SC(=O)NC3=O)n2)CC1. The molecule has 6 rings (SSSR count). The molecule has 2 fully saturated rings. The molecule has 12 heteroatoms. The monoisotopic (exact) mass is 560 g/mol. The third-order valence-electron chi connectivity index (χ3n) is 7.03. The lowest BCUT2D eigenvalue weighted by Crippen LogP contribution is -2.38. The second kappa shape index (κ2) is 11.5. The smallest absolute Gasteiger partial charge is 0.290 e. The van der Waals surface area contributed by atoms with Crippen LogP contribution in [0.5, 0.6) is 17.2 Å². The van der Waals surface area contributed by atoms with Gasteiger partial charge in [-0.25, -0.2) is 15.0 Å². The molecule has 40 heavy (non-hydrogen) atoms. The van der Waals surface area contributed by atoms with Crippen LogP contribution < -0.4 is 29.7 Å². The van der Waals surface area contributed by atoms with Gasteiger partial charge in [-0.05, 0) is 79.5 Å². The normalized spacial score (nSPS) is 17.9. The van der Waals surface area contributed by atoms with Gasteiger partial charge in [-0.3, -0.25) is 14.9 Å². The van der Waals surface area contributed by atoms with Crippen LogP contribution in [0.3, 0.4) is 0 Å². The molecule has 0 aliphatic carbocycles. The van der Waals surface area contributed by atoms with Gasteiger partial charge in [-0.2, -0.15) is 0 Å². The number of thioether (sulfide) groups is 1. The van der Waals surface area contributed by atoms with Crippen LogP contribution in [-0.2, 0) is 11.3 Å². The van der Waals surface area contributed by atoms with Crippen molar-refractivity contribution in [3.05, 3.63) is 58.9 Å². The largest absolute Gasteiger partial charge is 0.495 e. The van der Waals surface area contributed by atoms with E-state index in [-0.39, 0.29) is 12.0 Å². The van der Waals surface area contributed by atoms with Gasteiger partial charge in [0.05, 0.1) is 29.1 Å². The number of anilines is 1. The summed E-state index contributed by atoms with van der Waals surface area (Å²) < 4.78 is 16.5. The van der Waals surface area contributed by atoms with E-state index >= 15 is 0 Å². The van der Waals surface area contributed by atoms with Crippen molar-refractivity contribution in [2.45, 2.75) is 19.4 Å². The molecule has 0 saturated carbocycles. The summed E-state index contributed by atoms with van der Waals surface area (Å²) in [5.41, 5.74) is 3.26. The number of carbonyl (C=O) groups excluding carboxylic acids is 2. The van der Waals surface area contributed by atoms with Crippen LogP contribution in [0, 0.1) is 5.92 Å². The average Bonchev–Trinajstić information content (AvgIpc) is 3.58. The van der Waals surface area contributed by atoms with E-state index in [0.717, 1.165) is 78.4 Å². The zero-order valence-corrected chi connectivity index (χ0v) is 22.7. The molecule has 1 aromatic carbocycles. The van der Waals surface area contributed by atoms with Gasteiger partial charge in [-0.1, -0.05) is 0 Å². The van der Waals surface area contributed by atoms with Crippen LogP contribution in [0.25, 0.3) is 17.3 Å². The van der Waals surface area contributed by atoms with Gasteiger partial charge in [0.2, 0.25) is 12.7 Å². The molecule has 0 bridgehead atoms. The molecule has 3 aliphatic heterocycles. The number of imide groups is 1. The van der Waals surface area contributed by atoms with Crippen molar-refractivity contribution in [3.8, 4) is 28.5 Å². The topological polar surface area (TPSA) is 128 Å². The first-order valence-electron chi connectivity index (χ1n) is 13.0. The maximum Gasteiger partial charge on any atom is 0.290 e. The van der Waals surface area contributed by atoms with Crippen molar-refractivity contribution >= 4 is 34.9 Å². The van der Waals surface area contributed by atoms with Crippen molar-refractivity contribution < 1.29 is 23.8 Å². The van der Waals surface area contributed by atoms with E-state index in [1.165, 1.54) is 0 Å². The first-order valence-corrected chi connectivity index (χ1v) is 13.8. The second-order valence-corrected chi connectivity index (χ2v) is 10.6. The minimum atomic E-state index is -0.393. The van der Waals surface area contributed by atoms with Gasteiger partial charge in [0.1, 0.15) is 5.75 Å². The number of methoxy groups -OCH3 is 1. The summed E-state index contributed by atoms with van der Waals surface area (Å²) in [6.45, 7) is 3.36. The molecule has 2 aromatic heterocycles. The Morgan fingerprint density at radius 1 is 1.12 bits per heavy atom. The number of carbonyl (C=O) groups is 2. The maximum atomic E-state index is 11.8. The predicted molar refractivity (Wildman–Crippen MR) is 150 cm³/mol. The summed E-state index contributed by atoms with van der Waals surface area (Å²) in [6.07, 6.45) is 5.29. The zero-order valence-electron chi connectivity index (χ0n) is 21.9. The fourth-order valence-electron chi connectivity index (χ4n) is 4.90. The predicted octanol–water partition coefficient (Wildman–Crippen LogP) is 3.61. The van der Waals surface area contributed by atoms with E-state index in [0.29, 0.717) is 29.0 Å². The highest BCUT2D eigenvalue weighted by atomic mass is 32.2. The molecule has 2 amide bonds. The zero-order chi connectivity index (χ0) is 27.5. The minimum Gasteiger partial charge on any atom is -0.495 e. The Labute approximate surface area is 235 Å². The minimum absolute atomic E-state index is 0.239. The highest BCUT2D eigenvalue weighted by Crippen LogP contribution is 2.36. The summed E-state index contributed by atoms with van der Waals surface area (Å²) in [6, 6.07) is 11.5. The van der Waals surface area contributed by atoms with E-state index in [9.17, 15) is 9.59 Å².